The van der Waals surface area contributed by atoms with Gasteiger partial charge in [0.1, 0.15) is 7.05 Å². The summed E-state index contributed by atoms with van der Waals surface area (Å²) in [6, 6.07) is 12.4. The van der Waals surface area contributed by atoms with Crippen LogP contribution in [0.15, 0.2) is 40.8 Å². The zero-order chi connectivity index (χ0) is 12.7. The largest absolute Gasteiger partial charge is 0.401 e. The first kappa shape index (κ1) is 11.0. The lowest BCUT2D eigenvalue weighted by Gasteiger charge is -2.03. The molecule has 3 nitrogen and oxygen atoms in total. The van der Waals surface area contributed by atoms with Crippen molar-refractivity contribution in [2.24, 2.45) is 7.05 Å². The fraction of sp³-hybridized carbons (Fsp3) is 0.200. The zero-order valence-corrected chi connectivity index (χ0v) is 10.8. The lowest BCUT2D eigenvalue weighted by atomic mass is 10.1. The third kappa shape index (κ3) is 1.59. The molecule has 0 N–H and O–H groups in total. The number of hydrogen-bond acceptors (Lipinski definition) is 2. The Morgan fingerprint density at radius 1 is 1.06 bits per heavy atom. The van der Waals surface area contributed by atoms with E-state index in [1.54, 1.807) is 0 Å². The van der Waals surface area contributed by atoms with Crippen molar-refractivity contribution in [1.29, 1.82) is 0 Å². The Balaban J connectivity index is 2.30. The van der Waals surface area contributed by atoms with Gasteiger partial charge in [-0.3, -0.25) is 0 Å². The molecule has 0 bridgehead atoms. The van der Waals surface area contributed by atoms with Gasteiger partial charge in [-0.15, -0.1) is 0 Å². The summed E-state index contributed by atoms with van der Waals surface area (Å²) in [5.74, 6) is 0.697. The first-order chi connectivity index (χ1) is 8.66. The number of nitrogens with zero attached hydrogens (tertiary/aromatic N) is 2. The van der Waals surface area contributed by atoms with Gasteiger partial charge >= 0.3 is 5.71 Å². The van der Waals surface area contributed by atoms with Crippen molar-refractivity contribution < 1.29 is 8.98 Å². The van der Waals surface area contributed by atoms with Crippen molar-refractivity contribution in [3.63, 3.8) is 0 Å². The molecule has 3 rings (SSSR count). The number of oxazole rings is 1. The van der Waals surface area contributed by atoms with Crippen LogP contribution < -0.4 is 4.57 Å². The molecular formula is C15H15N2O+. The number of pyridine rings is 1. The summed E-state index contributed by atoms with van der Waals surface area (Å²) in [6.45, 7) is 3.98. The first-order valence-corrected chi connectivity index (χ1v) is 5.99. The van der Waals surface area contributed by atoms with Crippen LogP contribution in [0.25, 0.3) is 22.5 Å². The van der Waals surface area contributed by atoms with Crippen molar-refractivity contribution in [3.8, 4) is 11.3 Å². The highest BCUT2D eigenvalue weighted by atomic mass is 16.4. The molecule has 0 aliphatic rings. The standard InChI is InChI=1S/C15H15N2O/c1-10-6-4-5-7-12(10)14-9-8-13-15(17(14)3)18-11(2)16-13/h4-9H,1-3H3/q+1. The number of aromatic nitrogens is 2. The Hall–Kier alpha value is -2.16. The summed E-state index contributed by atoms with van der Waals surface area (Å²) < 4.78 is 7.71. The molecule has 0 saturated carbocycles. The average Bonchev–Trinajstić information content (AvgIpc) is 2.73. The number of benzene rings is 1. The highest BCUT2D eigenvalue weighted by molar-refractivity contribution is 5.69. The number of hydrogen-bond donors (Lipinski definition) is 0. The van der Waals surface area contributed by atoms with E-state index in [1.165, 1.54) is 11.1 Å². The van der Waals surface area contributed by atoms with Crippen molar-refractivity contribution in [3.05, 3.63) is 47.9 Å². The quantitative estimate of drug-likeness (QED) is 0.611. The molecule has 0 amide bonds. The monoisotopic (exact) mass is 239 g/mol. The summed E-state index contributed by atoms with van der Waals surface area (Å²) in [5.41, 5.74) is 5.32. The normalized spacial score (nSPS) is 11.1. The summed E-state index contributed by atoms with van der Waals surface area (Å²) in [7, 11) is 2.01. The van der Waals surface area contributed by atoms with Crippen LogP contribution in [-0.4, -0.2) is 4.98 Å². The van der Waals surface area contributed by atoms with Gasteiger partial charge in [-0.2, -0.15) is 4.57 Å². The van der Waals surface area contributed by atoms with Crippen LogP contribution in [0.4, 0.5) is 0 Å². The fourth-order valence-corrected chi connectivity index (χ4v) is 2.29. The molecule has 3 aromatic rings. The van der Waals surface area contributed by atoms with Gasteiger partial charge in [-0.25, -0.2) is 4.98 Å². The fourth-order valence-electron chi connectivity index (χ4n) is 2.29. The van der Waals surface area contributed by atoms with Crippen LogP contribution in [0, 0.1) is 13.8 Å². The smallest absolute Gasteiger partial charge is 0.389 e. The predicted molar refractivity (Wildman–Crippen MR) is 70.1 cm³/mol. The summed E-state index contributed by atoms with van der Waals surface area (Å²) in [5, 5.41) is 0. The van der Waals surface area contributed by atoms with Crippen molar-refractivity contribution >= 4 is 11.2 Å². The molecule has 2 aromatic heterocycles. The third-order valence-corrected chi connectivity index (χ3v) is 3.23. The Kier molecular flexibility index (Phi) is 2.40. The minimum absolute atomic E-state index is 0.697. The van der Waals surface area contributed by atoms with Crippen LogP contribution >= 0.6 is 0 Å². The van der Waals surface area contributed by atoms with E-state index in [0.29, 0.717) is 5.89 Å². The second kappa shape index (κ2) is 3.95. The van der Waals surface area contributed by atoms with Gasteiger partial charge in [0.25, 0.3) is 0 Å². The molecule has 3 heteroatoms. The minimum atomic E-state index is 0.697. The van der Waals surface area contributed by atoms with E-state index in [-0.39, 0.29) is 0 Å². The van der Waals surface area contributed by atoms with Gasteiger partial charge in [0.15, 0.2) is 11.4 Å². The topological polar surface area (TPSA) is 29.9 Å². The molecule has 2 heterocycles. The van der Waals surface area contributed by atoms with Crippen molar-refractivity contribution in [1.82, 2.24) is 4.98 Å². The molecule has 0 spiro atoms. The molecule has 0 saturated heterocycles. The maximum Gasteiger partial charge on any atom is 0.401 e. The number of rotatable bonds is 1. The van der Waals surface area contributed by atoms with Crippen molar-refractivity contribution in [2.45, 2.75) is 13.8 Å². The average molecular weight is 239 g/mol. The molecule has 1 aromatic carbocycles. The molecule has 0 unspecified atom stereocenters. The van der Waals surface area contributed by atoms with E-state index in [9.17, 15) is 0 Å². The summed E-state index contributed by atoms with van der Waals surface area (Å²) >= 11 is 0. The molecular weight excluding hydrogens is 224 g/mol. The molecule has 18 heavy (non-hydrogen) atoms. The van der Waals surface area contributed by atoms with Crippen LogP contribution in [-0.2, 0) is 7.05 Å². The highest BCUT2D eigenvalue weighted by Crippen LogP contribution is 2.22. The second-order valence-corrected chi connectivity index (χ2v) is 4.52. The molecule has 0 fully saturated rings. The second-order valence-electron chi connectivity index (χ2n) is 4.52. The van der Waals surface area contributed by atoms with E-state index in [0.717, 1.165) is 16.9 Å². The minimum Gasteiger partial charge on any atom is -0.389 e. The van der Waals surface area contributed by atoms with Crippen LogP contribution in [0.5, 0.6) is 0 Å². The van der Waals surface area contributed by atoms with Crippen LogP contribution in [0.1, 0.15) is 11.5 Å². The Morgan fingerprint density at radius 2 is 1.83 bits per heavy atom. The number of aryl methyl sites for hydroxylation is 3. The van der Waals surface area contributed by atoms with Gasteiger partial charge in [0.05, 0.1) is 0 Å². The predicted octanol–water partition coefficient (Wildman–Crippen LogP) is 2.94. The zero-order valence-electron chi connectivity index (χ0n) is 10.8. The van der Waals surface area contributed by atoms with E-state index in [1.807, 2.05) is 20.0 Å². The lowest BCUT2D eigenvalue weighted by Crippen LogP contribution is -2.31. The molecule has 0 radical (unpaired) electrons. The summed E-state index contributed by atoms with van der Waals surface area (Å²) in [4.78, 5) is 4.34. The maximum absolute atomic E-state index is 5.65. The van der Waals surface area contributed by atoms with E-state index in [4.69, 9.17) is 4.42 Å². The highest BCUT2D eigenvalue weighted by Gasteiger charge is 2.19. The van der Waals surface area contributed by atoms with E-state index in [2.05, 4.69) is 46.8 Å². The number of fused-ring (bicyclic) bond motifs is 1. The molecule has 0 atom stereocenters. The summed E-state index contributed by atoms with van der Waals surface area (Å²) in [6.07, 6.45) is 0. The van der Waals surface area contributed by atoms with Gasteiger partial charge in [0, 0.05) is 18.6 Å². The van der Waals surface area contributed by atoms with E-state index < -0.39 is 0 Å². The Bertz CT molecular complexity index is 728. The molecule has 90 valence electrons. The molecule has 0 aliphatic heterocycles. The van der Waals surface area contributed by atoms with Crippen LogP contribution in [0.3, 0.4) is 0 Å². The van der Waals surface area contributed by atoms with Crippen LogP contribution in [0.2, 0.25) is 0 Å². The van der Waals surface area contributed by atoms with E-state index >= 15 is 0 Å². The SMILES string of the molecule is Cc1nc2ccc(-c3ccccc3C)[n+](C)c2o1. The Labute approximate surface area is 106 Å². The molecule has 0 aliphatic carbocycles. The first-order valence-electron chi connectivity index (χ1n) is 5.99. The van der Waals surface area contributed by atoms with Gasteiger partial charge in [0.2, 0.25) is 5.69 Å². The third-order valence-electron chi connectivity index (χ3n) is 3.23. The van der Waals surface area contributed by atoms with Gasteiger partial charge in [-0.1, -0.05) is 18.2 Å². The van der Waals surface area contributed by atoms with Crippen molar-refractivity contribution in [2.75, 3.05) is 0 Å². The maximum atomic E-state index is 5.65. The Morgan fingerprint density at radius 3 is 2.61 bits per heavy atom. The van der Waals surface area contributed by atoms with Gasteiger partial charge < -0.3 is 4.42 Å². The van der Waals surface area contributed by atoms with Gasteiger partial charge in [-0.05, 0) is 24.6 Å². The lowest BCUT2D eigenvalue weighted by molar-refractivity contribution is -0.640.